The van der Waals surface area contributed by atoms with Gasteiger partial charge in [-0.25, -0.2) is 19.2 Å². The second-order valence-corrected chi connectivity index (χ2v) is 11.8. The van der Waals surface area contributed by atoms with Gasteiger partial charge in [0.2, 0.25) is 5.95 Å². The van der Waals surface area contributed by atoms with E-state index in [0.29, 0.717) is 23.8 Å². The van der Waals surface area contributed by atoms with Crippen molar-refractivity contribution in [2.45, 2.75) is 85.1 Å². The molecule has 2 aromatic heterocycles. The molecule has 34 heavy (non-hydrogen) atoms. The number of anilines is 2. The Balaban J connectivity index is 1.34. The lowest BCUT2D eigenvalue weighted by atomic mass is 9.77. The third-order valence-electron chi connectivity index (χ3n) is 7.72. The number of fused-ring (bicyclic) bond motifs is 3. The molecule has 2 N–H and O–H groups in total. The number of hydrogen-bond donors (Lipinski definition) is 2. The second kappa shape index (κ2) is 8.03. The Bertz CT molecular complexity index is 1130. The fraction of sp³-hybridized carbons (Fsp3) is 0.636. The number of nitrogens with zero attached hydrogens (tertiary/aromatic N) is 5. The summed E-state index contributed by atoms with van der Waals surface area (Å²) in [6.07, 6.45) is 8.40. The molecule has 0 radical (unpaired) electrons. The Morgan fingerprint density at radius 1 is 1.18 bits per heavy atom. The highest BCUT2D eigenvalue weighted by molar-refractivity contribution is 7.86. The number of alkyl halides is 2. The fourth-order valence-corrected chi connectivity index (χ4v) is 7.10. The maximum Gasteiger partial charge on any atom is 0.331 e. The smallest absolute Gasteiger partial charge is 0.331 e. The summed E-state index contributed by atoms with van der Waals surface area (Å²) in [5.41, 5.74) is -0.481. The molecule has 8 nitrogen and oxygen atoms in total. The van der Waals surface area contributed by atoms with Crippen LogP contribution in [0.1, 0.15) is 62.4 Å². The van der Waals surface area contributed by atoms with Crippen molar-refractivity contribution in [3.05, 3.63) is 28.9 Å². The van der Waals surface area contributed by atoms with E-state index in [2.05, 4.69) is 30.2 Å². The minimum absolute atomic E-state index is 0.0229. The normalized spacial score (nSPS) is 30.6. The van der Waals surface area contributed by atoms with Crippen molar-refractivity contribution < 1.29 is 18.1 Å². The molecule has 3 aliphatic heterocycles. The zero-order chi connectivity index (χ0) is 23.7. The van der Waals surface area contributed by atoms with Crippen molar-refractivity contribution in [2.75, 3.05) is 16.8 Å². The third kappa shape index (κ3) is 3.58. The van der Waals surface area contributed by atoms with Gasteiger partial charge >= 0.3 is 5.25 Å². The molecule has 0 aromatic carbocycles. The number of aliphatic hydroxyl groups is 1. The molecule has 1 saturated carbocycles. The zero-order valence-electron chi connectivity index (χ0n) is 18.4. The molecule has 5 heterocycles. The van der Waals surface area contributed by atoms with Crippen molar-refractivity contribution in [3.8, 4) is 0 Å². The molecular formula is C22H25ClF2N6O2S. The third-order valence-corrected chi connectivity index (χ3v) is 9.40. The standard InChI is InChI=1S/C22H25ClF2N6O2S/c23-13-9-26-18(27-10-13)12-6-14-2-3-15(7-12)31(14)20-28-16-8-22(24,25)34(33)17(16)19(29-20)30-21(11-32)4-1-5-21/h9-10,12,14-15,32H,1-8,11H2,(H,28,29,30)/t12?,14?,15?,34-/m0/s1. The molecule has 6 rings (SSSR count). The molecule has 2 saturated heterocycles. The first-order valence-corrected chi connectivity index (χ1v) is 13.2. The molecule has 4 aliphatic rings. The molecule has 3 fully saturated rings. The number of aliphatic hydroxyl groups excluding tert-OH is 1. The summed E-state index contributed by atoms with van der Waals surface area (Å²) in [6, 6.07) is 0.272. The Labute approximate surface area is 203 Å². The highest BCUT2D eigenvalue weighted by atomic mass is 35.5. The monoisotopic (exact) mass is 510 g/mol. The molecular weight excluding hydrogens is 486 g/mol. The molecule has 0 spiro atoms. The number of rotatable bonds is 5. The summed E-state index contributed by atoms with van der Waals surface area (Å²) < 4.78 is 41.5. The van der Waals surface area contributed by atoms with E-state index in [1.54, 1.807) is 12.4 Å². The van der Waals surface area contributed by atoms with Crippen molar-refractivity contribution in [2.24, 2.45) is 0 Å². The minimum atomic E-state index is -3.38. The number of halogens is 3. The lowest BCUT2D eigenvalue weighted by molar-refractivity contribution is 0.104. The lowest BCUT2D eigenvalue weighted by Crippen LogP contribution is -2.49. The van der Waals surface area contributed by atoms with E-state index < -0.39 is 28.0 Å². The summed E-state index contributed by atoms with van der Waals surface area (Å²) in [7, 11) is -2.53. The predicted octanol–water partition coefficient (Wildman–Crippen LogP) is 3.42. The van der Waals surface area contributed by atoms with Crippen LogP contribution in [0.2, 0.25) is 5.02 Å². The van der Waals surface area contributed by atoms with E-state index in [9.17, 15) is 18.1 Å². The molecule has 3 atom stereocenters. The highest BCUT2D eigenvalue weighted by Gasteiger charge is 2.51. The molecule has 0 amide bonds. The first-order chi connectivity index (χ1) is 16.3. The van der Waals surface area contributed by atoms with Crippen LogP contribution in [0, 0.1) is 0 Å². The van der Waals surface area contributed by atoms with Crippen molar-refractivity contribution in [1.82, 2.24) is 19.9 Å². The van der Waals surface area contributed by atoms with Gasteiger partial charge in [0.15, 0.2) is 0 Å². The average Bonchev–Trinajstić information content (AvgIpc) is 3.18. The van der Waals surface area contributed by atoms with Crippen LogP contribution in [0.3, 0.4) is 0 Å². The summed E-state index contributed by atoms with van der Waals surface area (Å²) in [5.74, 6) is 1.52. The largest absolute Gasteiger partial charge is 0.394 e. The zero-order valence-corrected chi connectivity index (χ0v) is 20.0. The Morgan fingerprint density at radius 3 is 2.44 bits per heavy atom. The lowest BCUT2D eigenvalue weighted by Gasteiger charge is -2.42. The summed E-state index contributed by atoms with van der Waals surface area (Å²) in [6.45, 7) is -0.137. The van der Waals surface area contributed by atoms with Crippen molar-refractivity contribution in [3.63, 3.8) is 0 Å². The minimum Gasteiger partial charge on any atom is -0.394 e. The van der Waals surface area contributed by atoms with Gasteiger partial charge in [0.25, 0.3) is 0 Å². The Kier molecular flexibility index (Phi) is 5.31. The van der Waals surface area contributed by atoms with E-state index in [0.717, 1.165) is 37.9 Å². The van der Waals surface area contributed by atoms with Crippen LogP contribution < -0.4 is 10.2 Å². The van der Waals surface area contributed by atoms with Crippen LogP contribution >= 0.6 is 11.6 Å². The number of hydrogen-bond acceptors (Lipinski definition) is 8. The van der Waals surface area contributed by atoms with E-state index >= 15 is 0 Å². The van der Waals surface area contributed by atoms with E-state index in [1.165, 1.54) is 0 Å². The van der Waals surface area contributed by atoms with Crippen LogP contribution in [-0.2, 0) is 17.2 Å². The van der Waals surface area contributed by atoms with Crippen molar-refractivity contribution in [1.29, 1.82) is 0 Å². The molecule has 182 valence electrons. The first-order valence-electron chi connectivity index (χ1n) is 11.6. The number of aromatic nitrogens is 4. The first kappa shape index (κ1) is 22.5. The van der Waals surface area contributed by atoms with Gasteiger partial charge in [0, 0.05) is 30.4 Å². The van der Waals surface area contributed by atoms with E-state index in [1.807, 2.05) is 0 Å². The van der Waals surface area contributed by atoms with Crippen LogP contribution in [0.5, 0.6) is 0 Å². The molecule has 2 aromatic rings. The maximum absolute atomic E-state index is 14.4. The number of nitrogens with one attached hydrogen (secondary N) is 1. The summed E-state index contributed by atoms with van der Waals surface area (Å²) in [5, 5.41) is 10.2. The molecule has 12 heteroatoms. The van der Waals surface area contributed by atoms with Gasteiger partial charge in [0.1, 0.15) is 27.3 Å². The van der Waals surface area contributed by atoms with E-state index in [-0.39, 0.29) is 41.0 Å². The quantitative estimate of drug-likeness (QED) is 0.630. The fourth-order valence-electron chi connectivity index (χ4n) is 5.83. The molecule has 2 bridgehead atoms. The van der Waals surface area contributed by atoms with E-state index in [4.69, 9.17) is 11.6 Å². The Hall–Kier alpha value is -1.98. The van der Waals surface area contributed by atoms with Gasteiger partial charge in [-0.05, 0) is 44.9 Å². The van der Waals surface area contributed by atoms with Gasteiger partial charge in [-0.15, -0.1) is 0 Å². The van der Waals surface area contributed by atoms with Gasteiger partial charge in [0.05, 0.1) is 29.3 Å². The highest BCUT2D eigenvalue weighted by Crippen LogP contribution is 2.47. The molecule has 1 aliphatic carbocycles. The van der Waals surface area contributed by atoms with Gasteiger partial charge in [-0.2, -0.15) is 13.8 Å². The average molecular weight is 511 g/mol. The van der Waals surface area contributed by atoms with Crippen LogP contribution in [0.25, 0.3) is 0 Å². The Morgan fingerprint density at radius 2 is 1.85 bits per heavy atom. The summed E-state index contributed by atoms with van der Waals surface area (Å²) in [4.78, 5) is 20.1. The van der Waals surface area contributed by atoms with Gasteiger partial charge in [-0.1, -0.05) is 11.6 Å². The molecule has 2 unspecified atom stereocenters. The second-order valence-electron chi connectivity index (χ2n) is 9.87. The summed E-state index contributed by atoms with van der Waals surface area (Å²) >= 11 is 5.94. The SMILES string of the molecule is O=[S@]1c2c(nc(N3C4CCC3CC(c3ncc(Cl)cn3)C4)nc2NC2(CO)CCC2)CC1(F)F. The van der Waals surface area contributed by atoms with Gasteiger partial charge in [-0.3, -0.25) is 0 Å². The topological polar surface area (TPSA) is 104 Å². The number of piperidine rings is 1. The predicted molar refractivity (Wildman–Crippen MR) is 123 cm³/mol. The van der Waals surface area contributed by atoms with Crippen LogP contribution in [0.4, 0.5) is 20.5 Å². The van der Waals surface area contributed by atoms with Gasteiger partial charge < -0.3 is 15.3 Å². The van der Waals surface area contributed by atoms with Crippen LogP contribution in [-0.4, -0.2) is 58.7 Å². The van der Waals surface area contributed by atoms with Crippen LogP contribution in [0.15, 0.2) is 17.3 Å². The van der Waals surface area contributed by atoms with Crippen molar-refractivity contribution >= 4 is 34.2 Å². The maximum atomic E-state index is 14.4.